The standard InChI is InChI=1S/C20H41NO4/c1-4-6-8-9-11-13-21(3)19-17(23)14-18(24)20(19)25-15-16(22)12-10-7-5-2/h16-20,22-24H,4-15H2,1-3H3/t16?,17-,18+,19+,20+/m0/s1. The molecule has 5 nitrogen and oxygen atoms in total. The highest BCUT2D eigenvalue weighted by Gasteiger charge is 2.44. The van der Waals surface area contributed by atoms with Crippen LogP contribution in [0.2, 0.25) is 0 Å². The van der Waals surface area contributed by atoms with Gasteiger partial charge in [0.05, 0.1) is 31.0 Å². The molecule has 0 amide bonds. The van der Waals surface area contributed by atoms with Crippen molar-refractivity contribution in [3.63, 3.8) is 0 Å². The first kappa shape index (κ1) is 22.8. The predicted molar refractivity (Wildman–Crippen MR) is 102 cm³/mol. The molecule has 1 aliphatic rings. The minimum absolute atomic E-state index is 0.191. The number of rotatable bonds is 14. The van der Waals surface area contributed by atoms with E-state index in [1.165, 1.54) is 25.7 Å². The minimum Gasteiger partial charge on any atom is -0.391 e. The Hall–Kier alpha value is -0.200. The maximum atomic E-state index is 10.3. The van der Waals surface area contributed by atoms with E-state index in [9.17, 15) is 15.3 Å². The van der Waals surface area contributed by atoms with Gasteiger partial charge in [0.2, 0.25) is 0 Å². The Bertz CT molecular complexity index is 329. The van der Waals surface area contributed by atoms with E-state index in [2.05, 4.69) is 18.7 Å². The first-order valence-electron chi connectivity index (χ1n) is 10.4. The third kappa shape index (κ3) is 8.35. The lowest BCUT2D eigenvalue weighted by Gasteiger charge is -2.32. The van der Waals surface area contributed by atoms with Gasteiger partial charge in [0.1, 0.15) is 6.10 Å². The Morgan fingerprint density at radius 1 is 0.960 bits per heavy atom. The monoisotopic (exact) mass is 359 g/mol. The van der Waals surface area contributed by atoms with Crippen molar-refractivity contribution < 1.29 is 20.1 Å². The Morgan fingerprint density at radius 3 is 2.28 bits per heavy atom. The first-order valence-corrected chi connectivity index (χ1v) is 10.4. The molecule has 0 saturated heterocycles. The number of hydrogen-bond donors (Lipinski definition) is 3. The van der Waals surface area contributed by atoms with Gasteiger partial charge in [0.25, 0.3) is 0 Å². The Morgan fingerprint density at radius 2 is 1.60 bits per heavy atom. The number of nitrogens with zero attached hydrogens (tertiary/aromatic N) is 1. The molecule has 0 aromatic carbocycles. The molecule has 0 aromatic heterocycles. The molecule has 1 fully saturated rings. The zero-order valence-corrected chi connectivity index (χ0v) is 16.6. The van der Waals surface area contributed by atoms with E-state index in [4.69, 9.17) is 4.74 Å². The lowest BCUT2D eigenvalue weighted by molar-refractivity contribution is -0.0834. The number of aliphatic hydroxyl groups is 3. The maximum Gasteiger partial charge on any atom is 0.102 e. The van der Waals surface area contributed by atoms with Crippen LogP contribution in [-0.2, 0) is 4.74 Å². The summed E-state index contributed by atoms with van der Waals surface area (Å²) in [6, 6.07) is -0.191. The molecule has 0 heterocycles. The zero-order valence-electron chi connectivity index (χ0n) is 16.6. The highest BCUT2D eigenvalue weighted by Crippen LogP contribution is 2.28. The van der Waals surface area contributed by atoms with Gasteiger partial charge in [-0.05, 0) is 26.4 Å². The first-order chi connectivity index (χ1) is 12.0. The van der Waals surface area contributed by atoms with Crippen LogP contribution in [0, 0.1) is 0 Å². The third-order valence-electron chi connectivity index (χ3n) is 5.34. The highest BCUT2D eigenvalue weighted by molar-refractivity contribution is 4.98. The third-order valence-corrected chi connectivity index (χ3v) is 5.34. The largest absolute Gasteiger partial charge is 0.391 e. The van der Waals surface area contributed by atoms with Crippen molar-refractivity contribution in [1.82, 2.24) is 4.90 Å². The molecule has 0 aromatic rings. The van der Waals surface area contributed by atoms with E-state index in [1.807, 2.05) is 7.05 Å². The van der Waals surface area contributed by atoms with Crippen LogP contribution in [0.25, 0.3) is 0 Å². The fourth-order valence-corrected chi connectivity index (χ4v) is 3.77. The summed E-state index contributed by atoms with van der Waals surface area (Å²) in [5, 5.41) is 30.6. The molecule has 5 atom stereocenters. The van der Waals surface area contributed by atoms with E-state index >= 15 is 0 Å². The van der Waals surface area contributed by atoms with Gasteiger partial charge in [0, 0.05) is 6.42 Å². The van der Waals surface area contributed by atoms with Crippen molar-refractivity contribution in [3.05, 3.63) is 0 Å². The number of unbranched alkanes of at least 4 members (excludes halogenated alkanes) is 6. The molecular weight excluding hydrogens is 318 g/mol. The van der Waals surface area contributed by atoms with Gasteiger partial charge in [0.15, 0.2) is 0 Å². The van der Waals surface area contributed by atoms with Crippen LogP contribution in [0.15, 0.2) is 0 Å². The summed E-state index contributed by atoms with van der Waals surface area (Å²) in [5.41, 5.74) is 0. The predicted octanol–water partition coefficient (Wildman–Crippen LogP) is 2.71. The maximum absolute atomic E-state index is 10.3. The summed E-state index contributed by atoms with van der Waals surface area (Å²) in [7, 11) is 2.00. The number of likely N-dealkylation sites (N-methyl/N-ethyl adjacent to an activating group) is 1. The normalized spacial score (nSPS) is 28.0. The Labute approximate surface area is 154 Å². The van der Waals surface area contributed by atoms with E-state index in [0.29, 0.717) is 6.42 Å². The van der Waals surface area contributed by atoms with Crippen LogP contribution >= 0.6 is 0 Å². The highest BCUT2D eigenvalue weighted by atomic mass is 16.5. The second-order valence-electron chi connectivity index (χ2n) is 7.70. The number of aliphatic hydroxyl groups excluding tert-OH is 3. The fourth-order valence-electron chi connectivity index (χ4n) is 3.77. The molecule has 1 saturated carbocycles. The second-order valence-corrected chi connectivity index (χ2v) is 7.70. The summed E-state index contributed by atoms with van der Waals surface area (Å²) in [4.78, 5) is 2.13. The van der Waals surface area contributed by atoms with Crippen molar-refractivity contribution in [3.8, 4) is 0 Å². The van der Waals surface area contributed by atoms with Crippen LogP contribution in [0.1, 0.15) is 78.1 Å². The molecule has 3 N–H and O–H groups in total. The summed E-state index contributed by atoms with van der Waals surface area (Å²) < 4.78 is 5.86. The molecule has 0 spiro atoms. The van der Waals surface area contributed by atoms with E-state index in [1.54, 1.807) is 0 Å². The van der Waals surface area contributed by atoms with Crippen molar-refractivity contribution in [2.45, 2.75) is 109 Å². The van der Waals surface area contributed by atoms with Crippen LogP contribution in [0.4, 0.5) is 0 Å². The molecule has 0 aliphatic heterocycles. The SMILES string of the molecule is CCCCCCCN(C)[C@H]1[C@H](OCC(O)CCCCC)[C@H](O)C[C@@H]1O. The van der Waals surface area contributed by atoms with E-state index in [-0.39, 0.29) is 12.6 Å². The molecular formula is C20H41NO4. The lowest BCUT2D eigenvalue weighted by Crippen LogP contribution is -2.48. The van der Waals surface area contributed by atoms with E-state index in [0.717, 1.165) is 38.6 Å². The quantitative estimate of drug-likeness (QED) is 0.416. The number of ether oxygens (including phenoxy) is 1. The van der Waals surface area contributed by atoms with Gasteiger partial charge in [-0.1, -0.05) is 58.8 Å². The van der Waals surface area contributed by atoms with Gasteiger partial charge in [-0.25, -0.2) is 0 Å². The molecule has 0 radical (unpaired) electrons. The molecule has 1 aliphatic carbocycles. The van der Waals surface area contributed by atoms with Crippen LogP contribution < -0.4 is 0 Å². The van der Waals surface area contributed by atoms with Crippen molar-refractivity contribution in [2.24, 2.45) is 0 Å². The molecule has 0 bridgehead atoms. The number of hydrogen-bond acceptors (Lipinski definition) is 5. The average Bonchev–Trinajstić information content (AvgIpc) is 2.86. The summed E-state index contributed by atoms with van der Waals surface area (Å²) >= 11 is 0. The molecule has 25 heavy (non-hydrogen) atoms. The van der Waals surface area contributed by atoms with Crippen molar-refractivity contribution in [2.75, 3.05) is 20.2 Å². The minimum atomic E-state index is -0.662. The van der Waals surface area contributed by atoms with Gasteiger partial charge < -0.3 is 20.1 Å². The van der Waals surface area contributed by atoms with Crippen LogP contribution in [0.5, 0.6) is 0 Å². The lowest BCUT2D eigenvalue weighted by atomic mass is 10.1. The zero-order chi connectivity index (χ0) is 18.7. The molecule has 1 unspecified atom stereocenters. The van der Waals surface area contributed by atoms with Gasteiger partial charge in [-0.15, -0.1) is 0 Å². The van der Waals surface area contributed by atoms with Crippen LogP contribution in [-0.4, -0.2) is 70.9 Å². The molecule has 1 rings (SSSR count). The van der Waals surface area contributed by atoms with Gasteiger partial charge in [-0.3, -0.25) is 4.90 Å². The smallest absolute Gasteiger partial charge is 0.102 e. The summed E-state index contributed by atoms with van der Waals surface area (Å²) in [5.74, 6) is 0. The van der Waals surface area contributed by atoms with Crippen molar-refractivity contribution in [1.29, 1.82) is 0 Å². The Balaban J connectivity index is 2.40. The molecule has 150 valence electrons. The topological polar surface area (TPSA) is 73.2 Å². The van der Waals surface area contributed by atoms with Crippen molar-refractivity contribution >= 4 is 0 Å². The van der Waals surface area contributed by atoms with E-state index < -0.39 is 24.4 Å². The average molecular weight is 360 g/mol. The summed E-state index contributed by atoms with van der Waals surface area (Å²) in [6.45, 7) is 5.49. The fraction of sp³-hybridized carbons (Fsp3) is 1.00. The summed E-state index contributed by atoms with van der Waals surface area (Å²) in [6.07, 6.45) is 8.25. The second kappa shape index (κ2) is 13.0. The Kier molecular flexibility index (Phi) is 11.9. The van der Waals surface area contributed by atoms with Crippen LogP contribution in [0.3, 0.4) is 0 Å². The molecule has 5 heteroatoms. The van der Waals surface area contributed by atoms with Gasteiger partial charge >= 0.3 is 0 Å². The van der Waals surface area contributed by atoms with Gasteiger partial charge in [-0.2, -0.15) is 0 Å².